The molecular weight excluding hydrogens is 198 g/mol. The van der Waals surface area contributed by atoms with Crippen LogP contribution in [0.5, 0.6) is 0 Å². The van der Waals surface area contributed by atoms with E-state index < -0.39 is 0 Å². The third-order valence-electron chi connectivity index (χ3n) is 2.59. The first-order valence-electron chi connectivity index (χ1n) is 4.67. The highest BCUT2D eigenvalue weighted by Gasteiger charge is 2.31. The van der Waals surface area contributed by atoms with E-state index in [1.54, 1.807) is 11.3 Å². The van der Waals surface area contributed by atoms with Crippen molar-refractivity contribution in [2.45, 2.75) is 25.3 Å². The van der Waals surface area contributed by atoms with Gasteiger partial charge in [-0.15, -0.1) is 11.3 Å². The van der Waals surface area contributed by atoms with Crippen molar-refractivity contribution < 1.29 is 9.90 Å². The molecule has 1 heterocycles. The monoisotopic (exact) mass is 211 g/mol. The Labute approximate surface area is 86.8 Å². The number of hydrogen-bond donors (Lipinski definition) is 2. The lowest BCUT2D eigenvalue weighted by molar-refractivity contribution is -0.119. The van der Waals surface area contributed by atoms with Crippen LogP contribution in [0.15, 0.2) is 11.4 Å². The van der Waals surface area contributed by atoms with Gasteiger partial charge in [-0.1, -0.05) is 0 Å². The van der Waals surface area contributed by atoms with E-state index in [9.17, 15) is 9.90 Å². The highest BCUT2D eigenvalue weighted by atomic mass is 32.1. The third kappa shape index (κ3) is 1.55. The predicted molar refractivity (Wildman–Crippen MR) is 55.3 cm³/mol. The lowest BCUT2D eigenvalue weighted by Crippen LogP contribution is -2.24. The van der Waals surface area contributed by atoms with Crippen molar-refractivity contribution in [2.24, 2.45) is 0 Å². The normalized spacial score (nSPS) is 24.7. The van der Waals surface area contributed by atoms with Crippen LogP contribution in [0.4, 0.5) is 0 Å². The molecule has 0 fully saturated rings. The van der Waals surface area contributed by atoms with Crippen molar-refractivity contribution in [1.82, 2.24) is 5.32 Å². The lowest BCUT2D eigenvalue weighted by Gasteiger charge is -2.11. The molecule has 1 aromatic rings. The largest absolute Gasteiger partial charge is 0.396 e. The molecular formula is C10H13NO2S. The van der Waals surface area contributed by atoms with E-state index in [0.29, 0.717) is 0 Å². The first-order valence-corrected chi connectivity index (χ1v) is 5.55. The molecule has 14 heavy (non-hydrogen) atoms. The van der Waals surface area contributed by atoms with Gasteiger partial charge in [0.05, 0.1) is 12.6 Å². The number of nitrogens with one attached hydrogen (secondary N) is 1. The van der Waals surface area contributed by atoms with Crippen LogP contribution in [0, 0.1) is 0 Å². The SMILES string of the molecule is CC(=O)N[C@@H]1C[C@@H](CO)c2sccc21. The van der Waals surface area contributed by atoms with Crippen molar-refractivity contribution in [2.75, 3.05) is 6.61 Å². The minimum Gasteiger partial charge on any atom is -0.396 e. The first kappa shape index (κ1) is 9.68. The second-order valence-electron chi connectivity index (χ2n) is 3.61. The second-order valence-corrected chi connectivity index (χ2v) is 4.56. The Morgan fingerprint density at radius 1 is 1.79 bits per heavy atom. The van der Waals surface area contributed by atoms with Crippen LogP contribution in [0.3, 0.4) is 0 Å². The van der Waals surface area contributed by atoms with E-state index >= 15 is 0 Å². The summed E-state index contributed by atoms with van der Waals surface area (Å²) in [6.45, 7) is 1.70. The molecule has 0 radical (unpaired) electrons. The molecule has 2 N–H and O–H groups in total. The van der Waals surface area contributed by atoms with Gasteiger partial charge in [-0.05, 0) is 23.4 Å². The van der Waals surface area contributed by atoms with Gasteiger partial charge in [-0.25, -0.2) is 0 Å². The van der Waals surface area contributed by atoms with Gasteiger partial charge in [0.2, 0.25) is 5.91 Å². The summed E-state index contributed by atoms with van der Waals surface area (Å²) in [5.74, 6) is 0.201. The van der Waals surface area contributed by atoms with Crippen LogP contribution in [0.2, 0.25) is 0 Å². The van der Waals surface area contributed by atoms with Crippen LogP contribution in [-0.4, -0.2) is 17.6 Å². The van der Waals surface area contributed by atoms with E-state index in [2.05, 4.69) is 5.32 Å². The summed E-state index contributed by atoms with van der Waals surface area (Å²) in [5, 5.41) is 14.1. The fourth-order valence-corrected chi connectivity index (χ4v) is 3.08. The number of aliphatic hydroxyl groups excluding tert-OH is 1. The number of thiophene rings is 1. The molecule has 1 aliphatic carbocycles. The summed E-state index contributed by atoms with van der Waals surface area (Å²) < 4.78 is 0. The van der Waals surface area contributed by atoms with Crippen LogP contribution in [-0.2, 0) is 4.79 Å². The zero-order valence-corrected chi connectivity index (χ0v) is 8.80. The lowest BCUT2D eigenvalue weighted by atomic mass is 10.1. The number of hydrogen-bond acceptors (Lipinski definition) is 3. The van der Waals surface area contributed by atoms with Gasteiger partial charge in [0.15, 0.2) is 0 Å². The minimum atomic E-state index is -0.00857. The summed E-state index contributed by atoms with van der Waals surface area (Å²) in [4.78, 5) is 12.2. The number of amides is 1. The number of rotatable bonds is 2. The van der Waals surface area contributed by atoms with Gasteiger partial charge in [0.25, 0.3) is 0 Å². The molecule has 76 valence electrons. The van der Waals surface area contributed by atoms with Gasteiger partial charge in [-0.3, -0.25) is 4.79 Å². The molecule has 1 amide bonds. The predicted octanol–water partition coefficient (Wildman–Crippen LogP) is 1.40. The van der Waals surface area contributed by atoms with Crippen molar-refractivity contribution in [1.29, 1.82) is 0 Å². The number of carbonyl (C=O) groups excluding carboxylic acids is 1. The molecule has 0 spiro atoms. The molecule has 0 saturated heterocycles. The average molecular weight is 211 g/mol. The fourth-order valence-electron chi connectivity index (χ4n) is 2.01. The van der Waals surface area contributed by atoms with Gasteiger partial charge < -0.3 is 10.4 Å². The van der Waals surface area contributed by atoms with E-state index in [0.717, 1.165) is 6.42 Å². The molecule has 0 aliphatic heterocycles. The van der Waals surface area contributed by atoms with Gasteiger partial charge in [-0.2, -0.15) is 0 Å². The van der Waals surface area contributed by atoms with Crippen molar-refractivity contribution in [3.63, 3.8) is 0 Å². The maximum atomic E-state index is 11.0. The number of aliphatic hydroxyl groups is 1. The maximum absolute atomic E-state index is 11.0. The molecule has 2 rings (SSSR count). The zero-order chi connectivity index (χ0) is 10.1. The quantitative estimate of drug-likeness (QED) is 0.777. The van der Waals surface area contributed by atoms with Crippen LogP contribution < -0.4 is 5.32 Å². The van der Waals surface area contributed by atoms with Crippen molar-refractivity contribution >= 4 is 17.2 Å². The molecule has 0 saturated carbocycles. The van der Waals surface area contributed by atoms with E-state index in [1.165, 1.54) is 17.4 Å². The Morgan fingerprint density at radius 2 is 2.57 bits per heavy atom. The Morgan fingerprint density at radius 3 is 3.21 bits per heavy atom. The number of fused-ring (bicyclic) bond motifs is 1. The Kier molecular flexibility index (Phi) is 2.56. The Bertz CT molecular complexity index is 348. The smallest absolute Gasteiger partial charge is 0.217 e. The van der Waals surface area contributed by atoms with Crippen molar-refractivity contribution in [3.05, 3.63) is 21.9 Å². The minimum absolute atomic E-state index is 0.00857. The van der Waals surface area contributed by atoms with Crippen LogP contribution >= 0.6 is 11.3 Å². The van der Waals surface area contributed by atoms with Crippen molar-refractivity contribution in [3.8, 4) is 0 Å². The molecule has 4 heteroatoms. The van der Waals surface area contributed by atoms with Crippen LogP contribution in [0.1, 0.15) is 35.7 Å². The Hall–Kier alpha value is -0.870. The molecule has 2 atom stereocenters. The Balaban J connectivity index is 2.21. The van der Waals surface area contributed by atoms with E-state index in [1.807, 2.05) is 11.4 Å². The summed E-state index contributed by atoms with van der Waals surface area (Å²) in [7, 11) is 0. The summed E-state index contributed by atoms with van der Waals surface area (Å²) >= 11 is 1.66. The van der Waals surface area contributed by atoms with E-state index in [4.69, 9.17) is 0 Å². The van der Waals surface area contributed by atoms with Crippen LogP contribution in [0.25, 0.3) is 0 Å². The molecule has 0 aromatic carbocycles. The average Bonchev–Trinajstić information content (AvgIpc) is 2.67. The fraction of sp³-hybridized carbons (Fsp3) is 0.500. The summed E-state index contributed by atoms with van der Waals surface area (Å²) in [5.41, 5.74) is 1.18. The molecule has 0 bridgehead atoms. The molecule has 3 nitrogen and oxygen atoms in total. The van der Waals surface area contributed by atoms with Gasteiger partial charge in [0.1, 0.15) is 0 Å². The highest BCUT2D eigenvalue weighted by molar-refractivity contribution is 7.10. The first-order chi connectivity index (χ1) is 6.72. The standard InChI is InChI=1S/C10H13NO2S/c1-6(13)11-9-4-7(5-12)10-8(9)2-3-14-10/h2-3,7,9,12H,4-5H2,1H3,(H,11,13)/t7-,9+/m0/s1. The maximum Gasteiger partial charge on any atom is 0.217 e. The zero-order valence-electron chi connectivity index (χ0n) is 7.99. The van der Waals surface area contributed by atoms with E-state index in [-0.39, 0.29) is 24.5 Å². The molecule has 1 aliphatic rings. The topological polar surface area (TPSA) is 49.3 Å². The summed E-state index contributed by atoms with van der Waals surface area (Å²) in [6.07, 6.45) is 0.831. The molecule has 0 unspecified atom stereocenters. The number of carbonyl (C=O) groups is 1. The van der Waals surface area contributed by atoms with Gasteiger partial charge >= 0.3 is 0 Å². The third-order valence-corrected chi connectivity index (χ3v) is 3.69. The highest BCUT2D eigenvalue weighted by Crippen LogP contribution is 2.43. The van der Waals surface area contributed by atoms with Gasteiger partial charge in [0, 0.05) is 17.7 Å². The second kappa shape index (κ2) is 3.71. The summed E-state index contributed by atoms with van der Waals surface area (Å²) in [6, 6.07) is 2.14. The molecule has 1 aromatic heterocycles.